The minimum atomic E-state index is -0.101. The third kappa shape index (κ3) is 4.17. The molecule has 1 aromatic heterocycles. The summed E-state index contributed by atoms with van der Waals surface area (Å²) in [6.07, 6.45) is 6.37. The number of piperidine rings is 1. The van der Waals surface area contributed by atoms with Crippen molar-refractivity contribution in [1.82, 2.24) is 19.6 Å². The molecule has 170 valence electrons. The van der Waals surface area contributed by atoms with Gasteiger partial charge in [0.15, 0.2) is 0 Å². The van der Waals surface area contributed by atoms with Crippen molar-refractivity contribution >= 4 is 17.5 Å². The monoisotopic (exact) mass is 437 g/mol. The average Bonchev–Trinajstić information content (AvgIpc) is 3.26. The number of likely N-dealkylation sites (tertiary alicyclic amines) is 1. The second-order valence-electron chi connectivity index (χ2n) is 9.26. The number of anilines is 1. The molecule has 1 saturated carbocycles. The van der Waals surface area contributed by atoms with Crippen LogP contribution in [0.15, 0.2) is 42.7 Å². The number of ether oxygens (including phenoxy) is 1. The van der Waals surface area contributed by atoms with E-state index in [0.29, 0.717) is 13.2 Å². The molecule has 1 aromatic carbocycles. The number of carbonyl (C=O) groups excluding carboxylic acids is 2. The van der Waals surface area contributed by atoms with Crippen LogP contribution in [0.5, 0.6) is 0 Å². The number of morpholine rings is 1. The van der Waals surface area contributed by atoms with Crippen LogP contribution >= 0.6 is 0 Å². The average molecular weight is 438 g/mol. The molecule has 3 fully saturated rings. The number of nitrogens with one attached hydrogen (secondary N) is 1. The molecule has 1 aliphatic carbocycles. The Morgan fingerprint density at radius 3 is 2.50 bits per heavy atom. The van der Waals surface area contributed by atoms with Crippen LogP contribution in [0.3, 0.4) is 0 Å². The maximum atomic E-state index is 13.0. The predicted molar refractivity (Wildman–Crippen MR) is 120 cm³/mol. The lowest BCUT2D eigenvalue weighted by Crippen LogP contribution is -2.52. The van der Waals surface area contributed by atoms with Crippen LogP contribution in [0.4, 0.5) is 5.69 Å². The first kappa shape index (κ1) is 21.2. The molecule has 2 aliphatic heterocycles. The smallest absolute Gasteiger partial charge is 0.239 e. The van der Waals surface area contributed by atoms with E-state index < -0.39 is 0 Å². The van der Waals surface area contributed by atoms with Gasteiger partial charge in [0.25, 0.3) is 0 Å². The molecule has 3 heterocycles. The minimum absolute atomic E-state index is 0.0437. The Labute approximate surface area is 188 Å². The molecule has 5 rings (SSSR count). The topological polar surface area (TPSA) is 79.7 Å². The number of carbonyl (C=O) groups is 2. The molecule has 2 aromatic rings. The molecule has 0 radical (unpaired) electrons. The third-order valence-electron chi connectivity index (χ3n) is 7.43. The van der Waals surface area contributed by atoms with E-state index >= 15 is 0 Å². The van der Waals surface area contributed by atoms with Crippen molar-refractivity contribution in [3.05, 3.63) is 42.7 Å². The molecule has 8 heteroatoms. The fourth-order valence-electron chi connectivity index (χ4n) is 5.18. The predicted octanol–water partition coefficient (Wildman–Crippen LogP) is 2.16. The number of nitrogens with zero attached hydrogens (tertiary/aromatic N) is 4. The summed E-state index contributed by atoms with van der Waals surface area (Å²) in [5, 5.41) is 7.30. The summed E-state index contributed by atoms with van der Waals surface area (Å²) in [7, 11) is 0. The normalized spacial score (nSPS) is 23.7. The molecule has 3 aliphatic rings. The van der Waals surface area contributed by atoms with Crippen molar-refractivity contribution in [2.75, 3.05) is 44.7 Å². The van der Waals surface area contributed by atoms with Crippen LogP contribution in [0.1, 0.15) is 26.2 Å². The van der Waals surface area contributed by atoms with Crippen molar-refractivity contribution < 1.29 is 14.3 Å². The lowest BCUT2D eigenvalue weighted by atomic mass is 9.90. The van der Waals surface area contributed by atoms with Gasteiger partial charge >= 0.3 is 0 Å². The summed E-state index contributed by atoms with van der Waals surface area (Å²) in [6.45, 7) is 6.52. The highest BCUT2D eigenvalue weighted by molar-refractivity contribution is 5.95. The number of rotatable bonds is 5. The van der Waals surface area contributed by atoms with Gasteiger partial charge in [-0.3, -0.25) is 14.5 Å². The van der Waals surface area contributed by atoms with Crippen molar-refractivity contribution in [2.45, 2.75) is 32.2 Å². The van der Waals surface area contributed by atoms with Gasteiger partial charge in [0, 0.05) is 50.2 Å². The fourth-order valence-corrected chi connectivity index (χ4v) is 5.18. The molecule has 2 saturated heterocycles. The van der Waals surface area contributed by atoms with E-state index in [1.165, 1.54) is 0 Å². The first-order valence-corrected chi connectivity index (χ1v) is 11.6. The molecule has 1 spiro atoms. The number of hydrogen-bond acceptors (Lipinski definition) is 5. The lowest BCUT2D eigenvalue weighted by Gasteiger charge is -2.38. The number of benzene rings is 1. The molecule has 8 nitrogen and oxygen atoms in total. The van der Waals surface area contributed by atoms with Gasteiger partial charge in [-0.1, -0.05) is 0 Å². The highest BCUT2D eigenvalue weighted by Gasteiger charge is 2.58. The Hall–Kier alpha value is -2.71. The van der Waals surface area contributed by atoms with E-state index in [1.54, 1.807) is 10.9 Å². The van der Waals surface area contributed by atoms with Gasteiger partial charge in [-0.25, -0.2) is 4.68 Å². The van der Waals surface area contributed by atoms with Crippen molar-refractivity contribution in [3.63, 3.8) is 0 Å². The maximum Gasteiger partial charge on any atom is 0.239 e. The Bertz CT molecular complexity index is 945. The second kappa shape index (κ2) is 8.67. The van der Waals surface area contributed by atoms with E-state index in [9.17, 15) is 9.59 Å². The van der Waals surface area contributed by atoms with E-state index in [4.69, 9.17) is 4.74 Å². The van der Waals surface area contributed by atoms with E-state index in [2.05, 4.69) is 15.3 Å². The van der Waals surface area contributed by atoms with Crippen LogP contribution in [0.2, 0.25) is 0 Å². The number of hydrogen-bond donors (Lipinski definition) is 1. The van der Waals surface area contributed by atoms with Gasteiger partial charge in [0.1, 0.15) is 0 Å². The largest absolute Gasteiger partial charge is 0.379 e. The maximum absolute atomic E-state index is 13.0. The first-order chi connectivity index (χ1) is 15.6. The zero-order chi connectivity index (χ0) is 22.1. The van der Waals surface area contributed by atoms with Gasteiger partial charge < -0.3 is 15.0 Å². The highest BCUT2D eigenvalue weighted by atomic mass is 16.5. The Balaban J connectivity index is 1.12. The Morgan fingerprint density at radius 1 is 1.12 bits per heavy atom. The van der Waals surface area contributed by atoms with E-state index in [0.717, 1.165) is 56.8 Å². The number of amides is 2. The molecule has 32 heavy (non-hydrogen) atoms. The van der Waals surface area contributed by atoms with Gasteiger partial charge in [0.2, 0.25) is 11.8 Å². The SMILES string of the molecule is CC(C(=O)N1CCC2(CC1)CC2C(=O)Nc1ccc(-n2cccn2)cc1)N1CCOCC1. The van der Waals surface area contributed by atoms with Gasteiger partial charge in [-0.2, -0.15) is 5.10 Å². The molecular formula is C24H31N5O3. The molecule has 0 bridgehead atoms. The van der Waals surface area contributed by atoms with Crippen molar-refractivity contribution in [2.24, 2.45) is 11.3 Å². The summed E-state index contributed by atoms with van der Waals surface area (Å²) >= 11 is 0. The summed E-state index contributed by atoms with van der Waals surface area (Å²) < 4.78 is 7.19. The molecule has 2 amide bonds. The zero-order valence-electron chi connectivity index (χ0n) is 18.6. The highest BCUT2D eigenvalue weighted by Crippen LogP contribution is 2.59. The summed E-state index contributed by atoms with van der Waals surface area (Å²) in [5.41, 5.74) is 1.83. The van der Waals surface area contributed by atoms with Gasteiger partial charge in [-0.05, 0) is 61.9 Å². The summed E-state index contributed by atoms with van der Waals surface area (Å²) in [5.74, 6) is 0.348. The molecule has 2 unspecified atom stereocenters. The fraction of sp³-hybridized carbons (Fsp3) is 0.542. The Kier molecular flexibility index (Phi) is 5.73. The van der Waals surface area contributed by atoms with Gasteiger partial charge in [0.05, 0.1) is 24.9 Å². The minimum Gasteiger partial charge on any atom is -0.379 e. The quantitative estimate of drug-likeness (QED) is 0.776. The van der Waals surface area contributed by atoms with Crippen LogP contribution in [0, 0.1) is 11.3 Å². The van der Waals surface area contributed by atoms with E-state index in [1.807, 2.05) is 48.4 Å². The summed E-state index contributed by atoms with van der Waals surface area (Å²) in [4.78, 5) is 30.0. The first-order valence-electron chi connectivity index (χ1n) is 11.6. The molecule has 1 N–H and O–H groups in total. The van der Waals surface area contributed by atoms with Gasteiger partial charge in [-0.15, -0.1) is 0 Å². The number of aromatic nitrogens is 2. The molecule has 2 atom stereocenters. The van der Waals surface area contributed by atoms with Crippen LogP contribution in [0.25, 0.3) is 5.69 Å². The van der Waals surface area contributed by atoms with Crippen LogP contribution in [-0.4, -0.2) is 76.8 Å². The zero-order valence-corrected chi connectivity index (χ0v) is 18.6. The third-order valence-corrected chi connectivity index (χ3v) is 7.43. The van der Waals surface area contributed by atoms with E-state index in [-0.39, 0.29) is 29.2 Å². The Morgan fingerprint density at radius 2 is 1.84 bits per heavy atom. The summed E-state index contributed by atoms with van der Waals surface area (Å²) in [6, 6.07) is 9.51. The van der Waals surface area contributed by atoms with Crippen molar-refractivity contribution in [3.8, 4) is 5.69 Å². The standard InChI is InChI=1S/C24H31N5O3/c1-18(27-13-15-32-16-14-27)23(31)28-11-7-24(8-12-28)17-21(24)22(30)26-19-3-5-20(6-4-19)29-10-2-9-25-29/h2-6,9-10,18,21H,7-8,11-17H2,1H3,(H,26,30). The second-order valence-corrected chi connectivity index (χ2v) is 9.26. The van der Waals surface area contributed by atoms with Crippen LogP contribution < -0.4 is 5.32 Å². The van der Waals surface area contributed by atoms with Crippen molar-refractivity contribution in [1.29, 1.82) is 0 Å². The lowest BCUT2D eigenvalue weighted by molar-refractivity contribution is -0.139. The molecular weight excluding hydrogens is 406 g/mol. The van der Waals surface area contributed by atoms with Crippen LogP contribution in [-0.2, 0) is 14.3 Å².